The van der Waals surface area contributed by atoms with Gasteiger partial charge in [0.15, 0.2) is 5.82 Å². The zero-order chi connectivity index (χ0) is 42.6. The van der Waals surface area contributed by atoms with Crippen molar-refractivity contribution in [2.24, 2.45) is 0 Å². The Labute approximate surface area is 369 Å². The highest BCUT2D eigenvalue weighted by Crippen LogP contribution is 2.47. The summed E-state index contributed by atoms with van der Waals surface area (Å²) >= 11 is 0. The molecule has 0 radical (unpaired) electrons. The van der Waals surface area contributed by atoms with E-state index in [0.29, 0.717) is 22.8 Å². The fraction of sp³-hybridized carbons (Fsp3) is 0. The van der Waals surface area contributed by atoms with Crippen molar-refractivity contribution < 1.29 is 4.42 Å². The summed E-state index contributed by atoms with van der Waals surface area (Å²) in [5, 5.41) is 15.1. The van der Waals surface area contributed by atoms with Crippen LogP contribution in [0, 0.1) is 11.3 Å². The number of fused-ring (bicyclic) bond motifs is 7. The van der Waals surface area contributed by atoms with Crippen LogP contribution in [0.15, 0.2) is 223 Å². The summed E-state index contributed by atoms with van der Waals surface area (Å²) in [7, 11) is 0. The van der Waals surface area contributed by atoms with Crippen LogP contribution in [0.4, 0.5) is 0 Å². The topological polar surface area (TPSA) is 67.6 Å². The smallest absolute Gasteiger partial charge is 0.162 e. The Morgan fingerprint density at radius 3 is 1.50 bits per heavy atom. The minimum Gasteiger partial charge on any atom is -0.455 e. The third-order valence-electron chi connectivity index (χ3n) is 12.3. The molecule has 12 aromatic rings. The van der Waals surface area contributed by atoms with Gasteiger partial charge in [-0.3, -0.25) is 0 Å². The number of furan rings is 1. The monoisotopic (exact) mass is 816 g/mol. The van der Waals surface area contributed by atoms with E-state index >= 15 is 0 Å². The summed E-state index contributed by atoms with van der Waals surface area (Å²) in [5.74, 6) is 0.505. The van der Waals surface area contributed by atoms with Crippen molar-refractivity contribution in [1.82, 2.24) is 14.5 Å². The Morgan fingerprint density at radius 1 is 0.391 bits per heavy atom. The summed E-state index contributed by atoms with van der Waals surface area (Å²) in [4.78, 5) is 10.8. The first-order chi connectivity index (χ1) is 31.7. The number of nitrogens with zero attached hydrogens (tertiary/aromatic N) is 4. The standard InChI is InChI=1S/C59H36N4O/c60-37-50-54(41-25-12-4-13-26-41)61-59(62-55(50)42-27-14-5-15-28-42)49-36-43(38-19-6-1-7-20-38)35-48(40-23-10-3-11-24-40)56(49)63-51-32-17-16-29-47(51)53-52(63)34-33-46-45-31-18-30-44(57(45)64-58(46)53)39-21-8-2-9-22-39/h1-36H. The van der Waals surface area contributed by atoms with Gasteiger partial charge in [0.2, 0.25) is 0 Å². The predicted molar refractivity (Wildman–Crippen MR) is 261 cm³/mol. The van der Waals surface area contributed by atoms with Gasteiger partial charge in [0.1, 0.15) is 22.8 Å². The number of benzene rings is 9. The molecule has 0 saturated heterocycles. The van der Waals surface area contributed by atoms with Crippen molar-refractivity contribution in [3.05, 3.63) is 224 Å². The molecule has 0 aliphatic carbocycles. The van der Waals surface area contributed by atoms with E-state index in [1.165, 1.54) is 0 Å². The van der Waals surface area contributed by atoms with E-state index in [1.807, 2.05) is 72.8 Å². The van der Waals surface area contributed by atoms with E-state index in [0.717, 1.165) is 99.5 Å². The predicted octanol–water partition coefficient (Wildman–Crippen LogP) is 15.3. The van der Waals surface area contributed by atoms with Gasteiger partial charge in [0.05, 0.1) is 33.5 Å². The molecule has 9 aromatic carbocycles. The van der Waals surface area contributed by atoms with Gasteiger partial charge in [0.25, 0.3) is 0 Å². The molecule has 64 heavy (non-hydrogen) atoms. The minimum atomic E-state index is 0.421. The maximum Gasteiger partial charge on any atom is 0.162 e. The van der Waals surface area contributed by atoms with Gasteiger partial charge in [-0.05, 0) is 52.6 Å². The molecule has 3 aromatic heterocycles. The first kappa shape index (κ1) is 37.0. The first-order valence-corrected chi connectivity index (χ1v) is 21.4. The number of rotatable bonds is 7. The number of nitriles is 1. The van der Waals surface area contributed by atoms with Crippen LogP contribution in [0.1, 0.15) is 5.56 Å². The lowest BCUT2D eigenvalue weighted by molar-refractivity contribution is 0.674. The maximum absolute atomic E-state index is 10.9. The third kappa shape index (κ3) is 6.00. The molecule has 0 aliphatic heterocycles. The maximum atomic E-state index is 10.9. The van der Waals surface area contributed by atoms with Gasteiger partial charge in [0, 0.05) is 44.0 Å². The fourth-order valence-corrected chi connectivity index (χ4v) is 9.37. The van der Waals surface area contributed by atoms with Crippen molar-refractivity contribution in [2.45, 2.75) is 0 Å². The molecule has 298 valence electrons. The highest BCUT2D eigenvalue weighted by atomic mass is 16.3. The van der Waals surface area contributed by atoms with Crippen molar-refractivity contribution in [1.29, 1.82) is 5.26 Å². The summed E-state index contributed by atoms with van der Waals surface area (Å²) in [6.45, 7) is 0. The lowest BCUT2D eigenvalue weighted by Crippen LogP contribution is -2.06. The molecule has 5 nitrogen and oxygen atoms in total. The molecule has 0 spiro atoms. The second-order valence-corrected chi connectivity index (χ2v) is 16.0. The average molecular weight is 817 g/mol. The fourth-order valence-electron chi connectivity index (χ4n) is 9.37. The van der Waals surface area contributed by atoms with Crippen LogP contribution in [0.2, 0.25) is 0 Å². The number of hydrogen-bond donors (Lipinski definition) is 0. The summed E-state index contributed by atoms with van der Waals surface area (Å²) in [6.07, 6.45) is 0. The van der Waals surface area contributed by atoms with E-state index in [4.69, 9.17) is 14.4 Å². The second kappa shape index (κ2) is 15.3. The largest absolute Gasteiger partial charge is 0.455 e. The number of hydrogen-bond acceptors (Lipinski definition) is 4. The van der Waals surface area contributed by atoms with Gasteiger partial charge in [-0.1, -0.05) is 188 Å². The van der Waals surface area contributed by atoms with Crippen LogP contribution in [-0.4, -0.2) is 14.5 Å². The lowest BCUT2D eigenvalue weighted by atomic mass is 9.92. The Balaban J connectivity index is 1.25. The summed E-state index contributed by atoms with van der Waals surface area (Å²) in [5.41, 5.74) is 15.0. The minimum absolute atomic E-state index is 0.421. The number of aromatic nitrogens is 3. The first-order valence-electron chi connectivity index (χ1n) is 21.4. The van der Waals surface area contributed by atoms with Gasteiger partial charge >= 0.3 is 0 Å². The SMILES string of the molecule is N#Cc1c(-c2ccccc2)nc(-c2cc(-c3ccccc3)cc(-c3ccccc3)c2-n2c3ccccc3c3c4oc5c(-c6ccccc6)cccc5c4ccc32)nc1-c1ccccc1. The van der Waals surface area contributed by atoms with Crippen molar-refractivity contribution in [3.63, 3.8) is 0 Å². The Bertz CT molecular complexity index is 3700. The third-order valence-corrected chi connectivity index (χ3v) is 12.3. The molecule has 0 aliphatic rings. The molecule has 0 fully saturated rings. The van der Waals surface area contributed by atoms with Crippen LogP contribution in [0.25, 0.3) is 117 Å². The molecule has 0 amide bonds. The zero-order valence-electron chi connectivity index (χ0n) is 34.5. The van der Waals surface area contributed by atoms with Gasteiger partial charge in [-0.25, -0.2) is 9.97 Å². The molecule has 12 rings (SSSR count). The molecule has 0 atom stereocenters. The van der Waals surface area contributed by atoms with E-state index < -0.39 is 0 Å². The summed E-state index contributed by atoms with van der Waals surface area (Å²) < 4.78 is 9.47. The molecule has 3 heterocycles. The molecular weight excluding hydrogens is 781 g/mol. The van der Waals surface area contributed by atoms with Crippen molar-refractivity contribution >= 4 is 43.7 Å². The summed E-state index contributed by atoms with van der Waals surface area (Å²) in [6, 6.07) is 77.8. The van der Waals surface area contributed by atoms with Crippen LogP contribution in [0.3, 0.4) is 0 Å². The quantitative estimate of drug-likeness (QED) is 0.161. The van der Waals surface area contributed by atoms with Crippen molar-refractivity contribution in [3.8, 4) is 79.0 Å². The average Bonchev–Trinajstić information content (AvgIpc) is 3.93. The van der Waals surface area contributed by atoms with Gasteiger partial charge in [-0.15, -0.1) is 0 Å². The highest BCUT2D eigenvalue weighted by molar-refractivity contribution is 6.25. The van der Waals surface area contributed by atoms with Crippen LogP contribution in [-0.2, 0) is 0 Å². The van der Waals surface area contributed by atoms with E-state index in [2.05, 4.69) is 156 Å². The molecule has 5 heteroatoms. The normalized spacial score (nSPS) is 11.4. The van der Waals surface area contributed by atoms with Crippen LogP contribution >= 0.6 is 0 Å². The van der Waals surface area contributed by atoms with E-state index in [9.17, 15) is 5.26 Å². The molecule has 0 saturated carbocycles. The second-order valence-electron chi connectivity index (χ2n) is 16.0. The van der Waals surface area contributed by atoms with Gasteiger partial charge in [-0.2, -0.15) is 5.26 Å². The van der Waals surface area contributed by atoms with Crippen LogP contribution < -0.4 is 0 Å². The molecule has 0 N–H and O–H groups in total. The Kier molecular flexibility index (Phi) is 8.81. The molecular formula is C59H36N4O. The Hall–Kier alpha value is -8.85. The highest BCUT2D eigenvalue weighted by Gasteiger charge is 2.27. The number of para-hydroxylation sites is 2. The van der Waals surface area contributed by atoms with Crippen molar-refractivity contribution in [2.75, 3.05) is 0 Å². The Morgan fingerprint density at radius 2 is 0.891 bits per heavy atom. The molecule has 0 unspecified atom stereocenters. The zero-order valence-corrected chi connectivity index (χ0v) is 34.5. The van der Waals surface area contributed by atoms with E-state index in [1.54, 1.807) is 0 Å². The molecule has 0 bridgehead atoms. The van der Waals surface area contributed by atoms with E-state index in [-0.39, 0.29) is 0 Å². The lowest BCUT2D eigenvalue weighted by Gasteiger charge is -2.21. The van der Waals surface area contributed by atoms with Gasteiger partial charge < -0.3 is 8.98 Å². The van der Waals surface area contributed by atoms with Crippen LogP contribution in [0.5, 0.6) is 0 Å².